The Balaban J connectivity index is 1.94. The molecule has 8 heteroatoms. The van der Waals surface area contributed by atoms with Crippen LogP contribution in [0.3, 0.4) is 0 Å². The maximum absolute atomic E-state index is 13.2. The van der Waals surface area contributed by atoms with E-state index in [9.17, 15) is 13.5 Å². The second kappa shape index (κ2) is 7.02. The van der Waals surface area contributed by atoms with E-state index >= 15 is 0 Å². The second-order valence-electron chi connectivity index (χ2n) is 6.91. The third-order valence-corrected chi connectivity index (χ3v) is 7.08. The lowest BCUT2D eigenvalue weighted by atomic mass is 9.92. The molecule has 0 unspecified atom stereocenters. The van der Waals surface area contributed by atoms with Gasteiger partial charge in [-0.25, -0.2) is 8.42 Å². The Labute approximate surface area is 154 Å². The van der Waals surface area contributed by atoms with E-state index in [1.807, 2.05) is 20.2 Å². The van der Waals surface area contributed by atoms with E-state index in [-0.39, 0.29) is 18.4 Å². The number of hydrogen-bond acceptors (Lipinski definition) is 5. The van der Waals surface area contributed by atoms with Crippen LogP contribution in [0.4, 0.5) is 0 Å². The topological polar surface area (TPSA) is 84.7 Å². The van der Waals surface area contributed by atoms with Crippen LogP contribution >= 0.6 is 0 Å². The summed E-state index contributed by atoms with van der Waals surface area (Å²) in [6.07, 6.45) is 3.62. The first-order valence-electron chi connectivity index (χ1n) is 8.52. The zero-order valence-corrected chi connectivity index (χ0v) is 16.3. The van der Waals surface area contributed by atoms with Crippen molar-refractivity contribution < 1.29 is 18.3 Å². The maximum atomic E-state index is 13.2. The third kappa shape index (κ3) is 3.24. The summed E-state index contributed by atoms with van der Waals surface area (Å²) >= 11 is 0. The lowest BCUT2D eigenvalue weighted by Crippen LogP contribution is -2.30. The minimum Gasteiger partial charge on any atom is -0.496 e. The fourth-order valence-electron chi connectivity index (χ4n) is 3.62. The molecule has 0 bridgehead atoms. The van der Waals surface area contributed by atoms with Gasteiger partial charge >= 0.3 is 0 Å². The van der Waals surface area contributed by atoms with Gasteiger partial charge in [-0.2, -0.15) is 9.40 Å². The van der Waals surface area contributed by atoms with Crippen LogP contribution in [0.5, 0.6) is 5.75 Å². The van der Waals surface area contributed by atoms with Crippen LogP contribution < -0.4 is 4.74 Å². The van der Waals surface area contributed by atoms with Gasteiger partial charge in [0.2, 0.25) is 10.0 Å². The highest BCUT2D eigenvalue weighted by Gasteiger charge is 2.40. The van der Waals surface area contributed by atoms with Gasteiger partial charge in [0.1, 0.15) is 5.75 Å². The van der Waals surface area contributed by atoms with Crippen LogP contribution in [0.1, 0.15) is 22.6 Å². The van der Waals surface area contributed by atoms with Crippen LogP contribution in [0, 0.1) is 19.8 Å². The number of aryl methyl sites for hydroxylation is 3. The molecule has 26 heavy (non-hydrogen) atoms. The molecule has 3 rings (SSSR count). The number of rotatable bonds is 5. The predicted molar refractivity (Wildman–Crippen MR) is 97.8 cm³/mol. The van der Waals surface area contributed by atoms with Crippen molar-refractivity contribution in [3.05, 3.63) is 41.2 Å². The van der Waals surface area contributed by atoms with Crippen molar-refractivity contribution in [2.45, 2.75) is 24.7 Å². The van der Waals surface area contributed by atoms with Crippen LogP contribution in [0.25, 0.3) is 0 Å². The lowest BCUT2D eigenvalue weighted by molar-refractivity contribution is 0.223. The van der Waals surface area contributed by atoms with E-state index in [0.29, 0.717) is 29.3 Å². The van der Waals surface area contributed by atoms with Gasteiger partial charge in [0.25, 0.3) is 0 Å². The first-order valence-corrected chi connectivity index (χ1v) is 9.96. The first-order chi connectivity index (χ1) is 12.3. The Morgan fingerprint density at radius 1 is 1.27 bits per heavy atom. The minimum atomic E-state index is -3.65. The second-order valence-corrected chi connectivity index (χ2v) is 8.81. The van der Waals surface area contributed by atoms with Gasteiger partial charge in [0.05, 0.1) is 18.2 Å². The molecule has 0 spiro atoms. The van der Waals surface area contributed by atoms with Crippen molar-refractivity contribution in [3.8, 4) is 5.75 Å². The molecule has 1 aliphatic rings. The largest absolute Gasteiger partial charge is 0.496 e. The normalized spacial score (nSPS) is 21.3. The quantitative estimate of drug-likeness (QED) is 0.850. The summed E-state index contributed by atoms with van der Waals surface area (Å²) in [5, 5.41) is 13.9. The van der Waals surface area contributed by atoms with Crippen LogP contribution in [0.15, 0.2) is 29.4 Å². The summed E-state index contributed by atoms with van der Waals surface area (Å²) in [6.45, 7) is 4.17. The molecule has 1 fully saturated rings. The predicted octanol–water partition coefficient (Wildman–Crippen LogP) is 1.44. The zero-order valence-electron chi connectivity index (χ0n) is 15.5. The molecule has 2 heterocycles. The maximum Gasteiger partial charge on any atom is 0.243 e. The first kappa shape index (κ1) is 18.9. The van der Waals surface area contributed by atoms with E-state index in [4.69, 9.17) is 4.74 Å². The smallest absolute Gasteiger partial charge is 0.243 e. The molecule has 142 valence electrons. The number of methoxy groups -OCH3 is 1. The fourth-order valence-corrected chi connectivity index (χ4v) is 5.44. The van der Waals surface area contributed by atoms with Gasteiger partial charge in [0.15, 0.2) is 0 Å². The van der Waals surface area contributed by atoms with Gasteiger partial charge in [-0.1, -0.05) is 0 Å². The van der Waals surface area contributed by atoms with Crippen molar-refractivity contribution in [1.82, 2.24) is 14.1 Å². The zero-order chi connectivity index (χ0) is 19.1. The van der Waals surface area contributed by atoms with Crippen LogP contribution in [-0.4, -0.2) is 54.4 Å². The van der Waals surface area contributed by atoms with Gasteiger partial charge in [-0.05, 0) is 42.7 Å². The summed E-state index contributed by atoms with van der Waals surface area (Å²) in [5.74, 6) is 0.459. The Kier molecular flexibility index (Phi) is 5.09. The molecular formula is C18H25N3O4S. The molecule has 2 atom stereocenters. The third-order valence-electron chi connectivity index (χ3n) is 5.11. The van der Waals surface area contributed by atoms with Gasteiger partial charge in [0, 0.05) is 44.8 Å². The summed E-state index contributed by atoms with van der Waals surface area (Å²) in [5.41, 5.74) is 2.38. The van der Waals surface area contributed by atoms with E-state index in [1.54, 1.807) is 37.0 Å². The standard InChI is InChI=1S/C18H25N3O4S/c1-12-6-18(13(2)5-17(12)25-4)26(23,24)21-9-15(11-22)16(10-21)14-7-19-20(3)8-14/h5-8,15-16,22H,9-11H2,1-4H3/t15-,16-/m0/s1. The molecule has 0 saturated carbocycles. The number of hydrogen-bond donors (Lipinski definition) is 1. The highest BCUT2D eigenvalue weighted by Crippen LogP contribution is 2.36. The summed E-state index contributed by atoms with van der Waals surface area (Å²) < 4.78 is 34.9. The highest BCUT2D eigenvalue weighted by atomic mass is 32.2. The van der Waals surface area contributed by atoms with Gasteiger partial charge < -0.3 is 9.84 Å². The molecule has 1 aromatic carbocycles. The molecule has 1 aromatic heterocycles. The van der Waals surface area contributed by atoms with E-state index in [1.165, 1.54) is 4.31 Å². The molecule has 1 aliphatic heterocycles. The van der Waals surface area contributed by atoms with Gasteiger partial charge in [-0.3, -0.25) is 4.68 Å². The number of aliphatic hydroxyl groups is 1. The molecule has 2 aromatic rings. The molecule has 0 amide bonds. The average molecular weight is 379 g/mol. The summed E-state index contributed by atoms with van der Waals surface area (Å²) in [7, 11) is -0.261. The summed E-state index contributed by atoms with van der Waals surface area (Å²) in [6, 6.07) is 3.41. The lowest BCUT2D eigenvalue weighted by Gasteiger charge is -2.19. The van der Waals surface area contributed by atoms with Crippen LogP contribution in [0.2, 0.25) is 0 Å². The molecule has 1 saturated heterocycles. The van der Waals surface area contributed by atoms with Crippen LogP contribution in [-0.2, 0) is 17.1 Å². The Bertz CT molecular complexity index is 907. The number of ether oxygens (including phenoxy) is 1. The number of benzene rings is 1. The number of nitrogens with zero attached hydrogens (tertiary/aromatic N) is 3. The van der Waals surface area contributed by atoms with Crippen molar-refractivity contribution in [3.63, 3.8) is 0 Å². The Morgan fingerprint density at radius 3 is 2.58 bits per heavy atom. The number of aliphatic hydroxyl groups excluding tert-OH is 1. The molecule has 7 nitrogen and oxygen atoms in total. The van der Waals surface area contributed by atoms with Gasteiger partial charge in [-0.15, -0.1) is 0 Å². The SMILES string of the molecule is COc1cc(C)c(S(=O)(=O)N2C[C@@H](CO)[C@H](c3cnn(C)c3)C2)cc1C. The van der Waals surface area contributed by atoms with E-state index in [0.717, 1.165) is 11.1 Å². The molecule has 0 radical (unpaired) electrons. The Hall–Kier alpha value is -1.90. The monoisotopic (exact) mass is 379 g/mol. The minimum absolute atomic E-state index is 0.0633. The van der Waals surface area contributed by atoms with Crippen molar-refractivity contribution in [1.29, 1.82) is 0 Å². The van der Waals surface area contributed by atoms with Crippen molar-refractivity contribution >= 4 is 10.0 Å². The molecule has 1 N–H and O–H groups in total. The number of sulfonamides is 1. The molecular weight excluding hydrogens is 354 g/mol. The van der Waals surface area contributed by atoms with Crippen molar-refractivity contribution in [2.24, 2.45) is 13.0 Å². The number of aromatic nitrogens is 2. The highest BCUT2D eigenvalue weighted by molar-refractivity contribution is 7.89. The molecule has 0 aliphatic carbocycles. The fraction of sp³-hybridized carbons (Fsp3) is 0.500. The average Bonchev–Trinajstić information content (AvgIpc) is 3.22. The van der Waals surface area contributed by atoms with Crippen molar-refractivity contribution in [2.75, 3.05) is 26.8 Å². The van der Waals surface area contributed by atoms with E-state index < -0.39 is 10.0 Å². The van der Waals surface area contributed by atoms with E-state index in [2.05, 4.69) is 5.10 Å². The summed E-state index contributed by atoms with van der Waals surface area (Å²) in [4.78, 5) is 0.291. The Morgan fingerprint density at radius 2 is 2.00 bits per heavy atom.